The van der Waals surface area contributed by atoms with Crippen molar-refractivity contribution >= 4 is 27.5 Å². The van der Waals surface area contributed by atoms with Crippen molar-refractivity contribution in [1.82, 2.24) is 4.31 Å². The topological polar surface area (TPSA) is 90.0 Å². The van der Waals surface area contributed by atoms with Crippen LogP contribution in [0.3, 0.4) is 0 Å². The van der Waals surface area contributed by atoms with Gasteiger partial charge in [-0.3, -0.25) is 9.10 Å². The van der Waals surface area contributed by atoms with E-state index in [1.807, 2.05) is 6.07 Å². The molecule has 152 valence electrons. The first-order valence-electron chi connectivity index (χ1n) is 9.01. The van der Waals surface area contributed by atoms with Crippen molar-refractivity contribution in [3.8, 4) is 5.75 Å². The molecular weight excluding hydrogens is 394 g/mol. The summed E-state index contributed by atoms with van der Waals surface area (Å²) in [5, 5.41) is 0. The van der Waals surface area contributed by atoms with E-state index < -0.39 is 34.4 Å². The smallest absolute Gasteiger partial charge is 0.349 e. The Morgan fingerprint density at radius 3 is 2.24 bits per heavy atom. The molecular formula is C21H21NO6S. The van der Waals surface area contributed by atoms with Gasteiger partial charge in [-0.05, 0) is 38.1 Å². The summed E-state index contributed by atoms with van der Waals surface area (Å²) in [6.45, 7) is 4.14. The van der Waals surface area contributed by atoms with E-state index in [-0.39, 0.29) is 21.9 Å². The van der Waals surface area contributed by atoms with Crippen LogP contribution in [0.2, 0.25) is 0 Å². The number of hydrogen-bond acceptors (Lipinski definition) is 6. The van der Waals surface area contributed by atoms with Gasteiger partial charge in [0, 0.05) is 18.5 Å². The summed E-state index contributed by atoms with van der Waals surface area (Å²) in [5.41, 5.74) is -0.00516. The van der Waals surface area contributed by atoms with Gasteiger partial charge in [-0.1, -0.05) is 30.3 Å². The number of carbonyl (C=O) groups is 2. The number of Topliss-reactive ketones (excluding diaryl/α,β-unsaturated/α-hetero) is 1. The zero-order valence-electron chi connectivity index (χ0n) is 16.3. The number of ketones is 1. The second kappa shape index (κ2) is 8.08. The van der Waals surface area contributed by atoms with Crippen LogP contribution in [0.15, 0.2) is 65.2 Å². The number of carbonyl (C=O) groups excluding carboxylic acids is 2. The molecule has 0 saturated carbocycles. The van der Waals surface area contributed by atoms with Crippen LogP contribution in [0.5, 0.6) is 5.75 Å². The van der Waals surface area contributed by atoms with Gasteiger partial charge < -0.3 is 9.47 Å². The van der Waals surface area contributed by atoms with E-state index in [4.69, 9.17) is 9.47 Å². The number of sulfonamides is 1. The molecule has 0 radical (unpaired) electrons. The number of nitrogens with zero attached hydrogens (tertiary/aromatic N) is 1. The minimum absolute atomic E-state index is 0.0227. The molecule has 1 aliphatic rings. The lowest BCUT2D eigenvalue weighted by molar-refractivity contribution is -0.139. The Morgan fingerprint density at radius 1 is 1.00 bits per heavy atom. The van der Waals surface area contributed by atoms with Crippen LogP contribution in [0, 0.1) is 0 Å². The van der Waals surface area contributed by atoms with Gasteiger partial charge in [0.25, 0.3) is 10.0 Å². The Balaban J connectivity index is 2.02. The summed E-state index contributed by atoms with van der Waals surface area (Å²) in [6.07, 6.45) is 0. The molecule has 2 aromatic rings. The number of rotatable bonds is 6. The lowest BCUT2D eigenvalue weighted by Gasteiger charge is -2.34. The summed E-state index contributed by atoms with van der Waals surface area (Å²) in [5.74, 6) is -0.872. The van der Waals surface area contributed by atoms with Crippen LogP contribution < -0.4 is 4.74 Å². The van der Waals surface area contributed by atoms with E-state index in [0.717, 1.165) is 4.31 Å². The molecule has 0 saturated heterocycles. The first-order chi connectivity index (χ1) is 13.7. The normalized spacial score (nSPS) is 15.1. The van der Waals surface area contributed by atoms with E-state index in [1.165, 1.54) is 19.1 Å². The van der Waals surface area contributed by atoms with Crippen molar-refractivity contribution in [1.29, 1.82) is 0 Å². The number of ether oxygens (including phenoxy) is 2. The summed E-state index contributed by atoms with van der Waals surface area (Å²) < 4.78 is 38.0. The molecule has 0 amide bonds. The Hall–Kier alpha value is -3.13. The van der Waals surface area contributed by atoms with Crippen LogP contribution >= 0.6 is 0 Å². The average Bonchev–Trinajstić information content (AvgIpc) is 2.68. The Labute approximate surface area is 169 Å². The van der Waals surface area contributed by atoms with Gasteiger partial charge in [-0.2, -0.15) is 0 Å². The minimum Gasteiger partial charge on any atom is -0.482 e. The molecule has 0 atom stereocenters. The molecule has 2 aromatic carbocycles. The molecule has 3 rings (SSSR count). The second-order valence-corrected chi connectivity index (χ2v) is 8.48. The zero-order valence-corrected chi connectivity index (χ0v) is 17.1. The molecule has 0 aliphatic carbocycles. The standard InChI is InChI=1S/C21H21NO6S/c1-14(2)22-20(15(3)23)21(17-11-7-8-12-18(17)29(22,25)26)28-19(24)13-27-16-9-5-4-6-10-16/h4-12,14H,13H2,1-3H3. The predicted octanol–water partition coefficient (Wildman–Crippen LogP) is 2.98. The van der Waals surface area contributed by atoms with Gasteiger partial charge in [0.15, 0.2) is 18.1 Å². The van der Waals surface area contributed by atoms with Gasteiger partial charge in [-0.15, -0.1) is 0 Å². The molecule has 29 heavy (non-hydrogen) atoms. The van der Waals surface area contributed by atoms with E-state index in [1.54, 1.807) is 50.2 Å². The molecule has 7 nitrogen and oxygen atoms in total. The number of esters is 1. The van der Waals surface area contributed by atoms with Crippen LogP contribution in [0.25, 0.3) is 5.76 Å². The van der Waals surface area contributed by atoms with Crippen molar-refractivity contribution in [2.24, 2.45) is 0 Å². The largest absolute Gasteiger partial charge is 0.482 e. The lowest BCUT2D eigenvalue weighted by atomic mass is 10.1. The number of hydrogen-bond donors (Lipinski definition) is 0. The van der Waals surface area contributed by atoms with Gasteiger partial charge in [-0.25, -0.2) is 13.2 Å². The number of para-hydroxylation sites is 1. The van der Waals surface area contributed by atoms with Crippen LogP contribution in [0.4, 0.5) is 0 Å². The highest BCUT2D eigenvalue weighted by Crippen LogP contribution is 2.39. The lowest BCUT2D eigenvalue weighted by Crippen LogP contribution is -2.42. The first kappa shape index (κ1) is 20.6. The fourth-order valence-electron chi connectivity index (χ4n) is 3.09. The molecule has 0 spiro atoms. The number of fused-ring (bicyclic) bond motifs is 1. The molecule has 0 unspecified atom stereocenters. The third-order valence-electron chi connectivity index (χ3n) is 4.22. The first-order valence-corrected chi connectivity index (χ1v) is 10.4. The molecule has 1 aliphatic heterocycles. The summed E-state index contributed by atoms with van der Waals surface area (Å²) in [7, 11) is -3.97. The predicted molar refractivity (Wildman–Crippen MR) is 106 cm³/mol. The maximum atomic E-state index is 13.1. The van der Waals surface area contributed by atoms with Crippen molar-refractivity contribution in [2.75, 3.05) is 6.61 Å². The van der Waals surface area contributed by atoms with Crippen LogP contribution in [0.1, 0.15) is 26.3 Å². The Bertz CT molecular complexity index is 1070. The van der Waals surface area contributed by atoms with Crippen LogP contribution in [-0.4, -0.2) is 37.1 Å². The van der Waals surface area contributed by atoms with Crippen molar-refractivity contribution in [3.63, 3.8) is 0 Å². The van der Waals surface area contributed by atoms with Crippen LogP contribution in [-0.2, 0) is 24.3 Å². The van der Waals surface area contributed by atoms with Gasteiger partial charge in [0.05, 0.1) is 4.90 Å². The average molecular weight is 415 g/mol. The highest BCUT2D eigenvalue weighted by molar-refractivity contribution is 7.89. The second-order valence-electron chi connectivity index (χ2n) is 6.70. The van der Waals surface area contributed by atoms with Crippen molar-refractivity contribution in [2.45, 2.75) is 31.7 Å². The Kier molecular flexibility index (Phi) is 5.74. The highest BCUT2D eigenvalue weighted by Gasteiger charge is 2.41. The molecule has 0 aromatic heterocycles. The number of allylic oxidation sites excluding steroid dienone is 1. The van der Waals surface area contributed by atoms with Gasteiger partial charge in [0.2, 0.25) is 0 Å². The highest BCUT2D eigenvalue weighted by atomic mass is 32.2. The molecule has 0 fully saturated rings. The summed E-state index contributed by atoms with van der Waals surface area (Å²) in [4.78, 5) is 24.8. The maximum Gasteiger partial charge on any atom is 0.349 e. The quantitative estimate of drug-likeness (QED) is 0.674. The molecule has 8 heteroatoms. The van der Waals surface area contributed by atoms with Crippen molar-refractivity contribution < 1.29 is 27.5 Å². The van der Waals surface area contributed by atoms with E-state index in [0.29, 0.717) is 5.75 Å². The molecule has 0 N–H and O–H groups in total. The summed E-state index contributed by atoms with van der Waals surface area (Å²) >= 11 is 0. The Morgan fingerprint density at radius 2 is 1.62 bits per heavy atom. The molecule has 0 bridgehead atoms. The molecule has 1 heterocycles. The fourth-order valence-corrected chi connectivity index (χ4v) is 5.00. The fraction of sp³-hybridized carbons (Fsp3) is 0.238. The van der Waals surface area contributed by atoms with E-state index in [9.17, 15) is 18.0 Å². The number of benzene rings is 2. The maximum absolute atomic E-state index is 13.1. The van der Waals surface area contributed by atoms with Gasteiger partial charge >= 0.3 is 5.97 Å². The monoisotopic (exact) mass is 415 g/mol. The van der Waals surface area contributed by atoms with E-state index in [2.05, 4.69) is 0 Å². The third-order valence-corrected chi connectivity index (χ3v) is 6.26. The van der Waals surface area contributed by atoms with E-state index >= 15 is 0 Å². The van der Waals surface area contributed by atoms with Crippen molar-refractivity contribution in [3.05, 3.63) is 65.9 Å². The minimum atomic E-state index is -3.97. The summed E-state index contributed by atoms with van der Waals surface area (Å²) in [6, 6.07) is 14.3. The van der Waals surface area contributed by atoms with Gasteiger partial charge in [0.1, 0.15) is 11.4 Å². The SMILES string of the molecule is CC(=O)C1=C(OC(=O)COc2ccccc2)c2ccccc2S(=O)(=O)N1C(C)C. The zero-order chi connectivity index (χ0) is 21.2. The third kappa shape index (κ3) is 4.02.